The van der Waals surface area contributed by atoms with E-state index in [0.717, 1.165) is 6.26 Å². The number of methoxy groups -OCH3 is 1. The van der Waals surface area contributed by atoms with Crippen molar-refractivity contribution in [3.63, 3.8) is 0 Å². The van der Waals surface area contributed by atoms with Crippen molar-refractivity contribution < 1.29 is 31.6 Å². The molecule has 2 unspecified atom stereocenters. The summed E-state index contributed by atoms with van der Waals surface area (Å²) in [6.45, 7) is 3.43. The molecule has 0 amide bonds. The van der Waals surface area contributed by atoms with Crippen LogP contribution in [0.2, 0.25) is 0 Å². The molecule has 2 aliphatic rings. The molecule has 0 aromatic heterocycles. The summed E-state index contributed by atoms with van der Waals surface area (Å²) in [5.41, 5.74) is 0.323. The molecule has 0 N–H and O–H groups in total. The van der Waals surface area contributed by atoms with E-state index >= 15 is 0 Å². The second-order valence-corrected chi connectivity index (χ2v) is 6.89. The Morgan fingerprint density at radius 3 is 2.60 bits per heavy atom. The number of carbonyl (C=O) groups is 1. The molecule has 1 heterocycles. The van der Waals surface area contributed by atoms with Gasteiger partial charge in [0, 0.05) is 12.0 Å². The van der Waals surface area contributed by atoms with Crippen LogP contribution in [0.15, 0.2) is 11.6 Å². The first-order valence-electron chi connectivity index (χ1n) is 6.14. The molecule has 8 heteroatoms. The van der Waals surface area contributed by atoms with Gasteiger partial charge in [0.25, 0.3) is 10.1 Å². The minimum atomic E-state index is -3.67. The standard InChI is InChI=1S/C12H18O7S/c1-12(2)17-8-5-7(11(13)16-3)6-9(10(8)18-12)19-20(4,14)15/h5,8-10H,6H2,1-4H3/t8?,9-,10?/m1/s1. The number of hydrogen-bond acceptors (Lipinski definition) is 7. The summed E-state index contributed by atoms with van der Waals surface area (Å²) in [7, 11) is -2.41. The maximum Gasteiger partial charge on any atom is 0.333 e. The van der Waals surface area contributed by atoms with Gasteiger partial charge in [0.05, 0.1) is 13.4 Å². The predicted molar refractivity (Wildman–Crippen MR) is 68.3 cm³/mol. The Labute approximate surface area is 118 Å². The van der Waals surface area contributed by atoms with Gasteiger partial charge in [-0.25, -0.2) is 4.79 Å². The van der Waals surface area contributed by atoms with Crippen molar-refractivity contribution >= 4 is 16.1 Å². The van der Waals surface area contributed by atoms with E-state index in [1.165, 1.54) is 7.11 Å². The third kappa shape index (κ3) is 3.38. The summed E-state index contributed by atoms with van der Waals surface area (Å²) in [5, 5.41) is 0. The average Bonchev–Trinajstić information content (AvgIpc) is 2.60. The largest absolute Gasteiger partial charge is 0.466 e. The third-order valence-electron chi connectivity index (χ3n) is 3.06. The van der Waals surface area contributed by atoms with Crippen LogP contribution in [0.1, 0.15) is 20.3 Å². The highest BCUT2D eigenvalue weighted by atomic mass is 32.2. The molecule has 1 aliphatic heterocycles. The van der Waals surface area contributed by atoms with Crippen molar-refractivity contribution in [2.45, 2.75) is 44.4 Å². The Morgan fingerprint density at radius 2 is 2.05 bits per heavy atom. The predicted octanol–water partition coefficient (Wildman–Crippen LogP) is 0.354. The first-order valence-corrected chi connectivity index (χ1v) is 7.96. The fourth-order valence-electron chi connectivity index (χ4n) is 2.43. The van der Waals surface area contributed by atoms with E-state index in [2.05, 4.69) is 4.74 Å². The van der Waals surface area contributed by atoms with E-state index < -0.39 is 40.2 Å². The lowest BCUT2D eigenvalue weighted by atomic mass is 9.92. The van der Waals surface area contributed by atoms with E-state index in [9.17, 15) is 13.2 Å². The van der Waals surface area contributed by atoms with Gasteiger partial charge in [-0.2, -0.15) is 8.42 Å². The molecule has 0 radical (unpaired) electrons. The third-order valence-corrected chi connectivity index (χ3v) is 3.66. The molecular weight excluding hydrogens is 288 g/mol. The van der Waals surface area contributed by atoms with E-state index in [-0.39, 0.29) is 6.42 Å². The average molecular weight is 306 g/mol. The lowest BCUT2D eigenvalue weighted by Crippen LogP contribution is -2.42. The molecule has 20 heavy (non-hydrogen) atoms. The van der Waals surface area contributed by atoms with Gasteiger partial charge in [0.2, 0.25) is 0 Å². The molecule has 0 aromatic rings. The van der Waals surface area contributed by atoms with Gasteiger partial charge in [0.1, 0.15) is 18.3 Å². The Kier molecular flexibility index (Phi) is 3.94. The summed E-state index contributed by atoms with van der Waals surface area (Å²) in [6, 6.07) is 0. The van der Waals surface area contributed by atoms with E-state index in [0.29, 0.717) is 5.57 Å². The first-order chi connectivity index (χ1) is 9.11. The number of hydrogen-bond donors (Lipinski definition) is 0. The van der Waals surface area contributed by atoms with Gasteiger partial charge >= 0.3 is 5.97 Å². The number of carbonyl (C=O) groups excluding carboxylic acids is 1. The Balaban J connectivity index is 2.29. The van der Waals surface area contributed by atoms with Crippen molar-refractivity contribution in [1.82, 2.24) is 0 Å². The van der Waals surface area contributed by atoms with Crippen LogP contribution in [0.3, 0.4) is 0 Å². The van der Waals surface area contributed by atoms with E-state index in [1.54, 1.807) is 19.9 Å². The van der Waals surface area contributed by atoms with Crippen molar-refractivity contribution in [2.24, 2.45) is 0 Å². The summed E-state index contributed by atoms with van der Waals surface area (Å²) >= 11 is 0. The number of rotatable bonds is 3. The lowest BCUT2D eigenvalue weighted by molar-refractivity contribution is -0.150. The molecule has 1 saturated heterocycles. The molecule has 3 atom stereocenters. The maximum absolute atomic E-state index is 11.6. The second kappa shape index (κ2) is 5.10. The van der Waals surface area contributed by atoms with Gasteiger partial charge in [-0.3, -0.25) is 4.18 Å². The highest BCUT2D eigenvalue weighted by Crippen LogP contribution is 2.37. The monoisotopic (exact) mass is 306 g/mol. The van der Waals surface area contributed by atoms with E-state index in [4.69, 9.17) is 13.7 Å². The maximum atomic E-state index is 11.6. The molecular formula is C12H18O7S. The van der Waals surface area contributed by atoms with Gasteiger partial charge in [-0.1, -0.05) is 0 Å². The van der Waals surface area contributed by atoms with Crippen LogP contribution in [0.5, 0.6) is 0 Å². The van der Waals surface area contributed by atoms with E-state index in [1.807, 2.05) is 0 Å². The van der Waals surface area contributed by atoms with Gasteiger partial charge in [0.15, 0.2) is 5.79 Å². The number of fused-ring (bicyclic) bond motifs is 1. The Bertz CT molecular complexity index is 534. The fourth-order valence-corrected chi connectivity index (χ4v) is 3.06. The highest BCUT2D eigenvalue weighted by molar-refractivity contribution is 7.86. The zero-order valence-electron chi connectivity index (χ0n) is 11.8. The summed E-state index contributed by atoms with van der Waals surface area (Å²) < 4.78 is 43.7. The molecule has 1 aliphatic carbocycles. The van der Waals surface area contributed by atoms with Gasteiger partial charge in [-0.15, -0.1) is 0 Å². The van der Waals surface area contributed by atoms with Crippen LogP contribution in [0.4, 0.5) is 0 Å². The number of ether oxygens (including phenoxy) is 3. The zero-order chi connectivity index (χ0) is 15.1. The summed E-state index contributed by atoms with van der Waals surface area (Å²) in [4.78, 5) is 11.6. The minimum Gasteiger partial charge on any atom is -0.466 e. The van der Waals surface area contributed by atoms with Crippen LogP contribution in [0, 0.1) is 0 Å². The highest BCUT2D eigenvalue weighted by Gasteiger charge is 2.49. The second-order valence-electron chi connectivity index (χ2n) is 5.29. The Hall–Kier alpha value is -0.960. The minimum absolute atomic E-state index is 0.0976. The fraction of sp³-hybridized carbons (Fsp3) is 0.750. The molecule has 0 aromatic carbocycles. The normalized spacial score (nSPS) is 32.4. The summed E-state index contributed by atoms with van der Waals surface area (Å²) in [6.07, 6.45) is 0.732. The molecule has 2 rings (SSSR count). The number of esters is 1. The molecule has 0 bridgehead atoms. The first kappa shape index (κ1) is 15.4. The van der Waals surface area contributed by atoms with Crippen molar-refractivity contribution in [3.05, 3.63) is 11.6 Å². The van der Waals surface area contributed by atoms with Crippen LogP contribution >= 0.6 is 0 Å². The van der Waals surface area contributed by atoms with Crippen LogP contribution in [-0.2, 0) is 33.3 Å². The molecule has 114 valence electrons. The van der Waals surface area contributed by atoms with Crippen molar-refractivity contribution in [2.75, 3.05) is 13.4 Å². The molecule has 7 nitrogen and oxygen atoms in total. The topological polar surface area (TPSA) is 88.1 Å². The smallest absolute Gasteiger partial charge is 0.333 e. The van der Waals surface area contributed by atoms with Gasteiger partial charge < -0.3 is 14.2 Å². The SMILES string of the molecule is COC(=O)C1=CC2OC(C)(C)OC2[C@H](OS(C)(=O)=O)C1. The molecule has 1 fully saturated rings. The van der Waals surface area contributed by atoms with Crippen molar-refractivity contribution in [3.8, 4) is 0 Å². The van der Waals surface area contributed by atoms with Crippen LogP contribution in [-0.4, -0.2) is 51.9 Å². The van der Waals surface area contributed by atoms with Crippen LogP contribution < -0.4 is 0 Å². The van der Waals surface area contributed by atoms with Crippen LogP contribution in [0.25, 0.3) is 0 Å². The van der Waals surface area contributed by atoms with Gasteiger partial charge in [-0.05, 0) is 19.9 Å². The molecule has 0 spiro atoms. The lowest BCUT2D eigenvalue weighted by Gasteiger charge is -2.29. The zero-order valence-corrected chi connectivity index (χ0v) is 12.6. The quantitative estimate of drug-likeness (QED) is 0.549. The summed E-state index contributed by atoms with van der Waals surface area (Å²) in [5.74, 6) is -1.39. The Morgan fingerprint density at radius 1 is 1.40 bits per heavy atom. The van der Waals surface area contributed by atoms with Crippen molar-refractivity contribution in [1.29, 1.82) is 0 Å². The molecule has 0 saturated carbocycles.